The van der Waals surface area contributed by atoms with Gasteiger partial charge in [0.15, 0.2) is 0 Å². The summed E-state index contributed by atoms with van der Waals surface area (Å²) in [5.41, 5.74) is 1.87. The van der Waals surface area contributed by atoms with Crippen molar-refractivity contribution in [2.75, 3.05) is 6.61 Å². The average Bonchev–Trinajstić information content (AvgIpc) is 3.10. The van der Waals surface area contributed by atoms with Gasteiger partial charge in [0.05, 0.1) is 18.8 Å². The van der Waals surface area contributed by atoms with Crippen LogP contribution in [0.2, 0.25) is 0 Å². The number of thiazole rings is 1. The summed E-state index contributed by atoms with van der Waals surface area (Å²) in [6.07, 6.45) is 7.62. The summed E-state index contributed by atoms with van der Waals surface area (Å²) in [4.78, 5) is 20.3. The molecule has 2 aromatic heterocycles. The molecule has 0 fully saturated rings. The third kappa shape index (κ3) is 5.92. The third-order valence-electron chi connectivity index (χ3n) is 3.89. The van der Waals surface area contributed by atoms with Crippen molar-refractivity contribution in [3.05, 3.63) is 35.6 Å². The van der Waals surface area contributed by atoms with Crippen LogP contribution in [-0.4, -0.2) is 22.7 Å². The van der Waals surface area contributed by atoms with Crippen LogP contribution in [0.15, 0.2) is 29.9 Å². The van der Waals surface area contributed by atoms with Gasteiger partial charge in [0.2, 0.25) is 0 Å². The van der Waals surface area contributed by atoms with Gasteiger partial charge in [-0.25, -0.2) is 9.78 Å². The van der Waals surface area contributed by atoms with Gasteiger partial charge in [0.25, 0.3) is 0 Å². The maximum Gasteiger partial charge on any atom is 0.407 e. The summed E-state index contributed by atoms with van der Waals surface area (Å²) in [5.74, 6) is 0.452. The Labute approximate surface area is 147 Å². The average molecular weight is 347 g/mol. The lowest BCUT2D eigenvalue weighted by atomic mass is 10.0. The summed E-state index contributed by atoms with van der Waals surface area (Å²) < 4.78 is 5.32. The van der Waals surface area contributed by atoms with E-state index >= 15 is 0 Å². The zero-order chi connectivity index (χ0) is 17.2. The Bertz CT molecular complexity index is 616. The fraction of sp³-hybridized carbons (Fsp3) is 0.500. The molecule has 0 aromatic carbocycles. The van der Waals surface area contributed by atoms with E-state index < -0.39 is 0 Å². The second-order valence-electron chi connectivity index (χ2n) is 5.75. The minimum absolute atomic E-state index is 0.372. The van der Waals surface area contributed by atoms with Gasteiger partial charge in [0.1, 0.15) is 5.01 Å². The van der Waals surface area contributed by atoms with Gasteiger partial charge in [-0.1, -0.05) is 33.1 Å². The first-order valence-corrected chi connectivity index (χ1v) is 9.36. The summed E-state index contributed by atoms with van der Waals surface area (Å²) in [5, 5.41) is 5.64. The number of pyridine rings is 1. The van der Waals surface area contributed by atoms with Crippen LogP contribution in [0.1, 0.15) is 45.2 Å². The van der Waals surface area contributed by atoms with Crippen molar-refractivity contribution >= 4 is 17.4 Å². The van der Waals surface area contributed by atoms with E-state index in [-0.39, 0.29) is 6.09 Å². The molecule has 6 heteroatoms. The summed E-state index contributed by atoms with van der Waals surface area (Å²) in [6.45, 7) is 5.18. The molecule has 0 saturated heterocycles. The lowest BCUT2D eigenvalue weighted by Gasteiger charge is -2.14. The maximum absolute atomic E-state index is 11.8. The number of hydrogen-bond acceptors (Lipinski definition) is 5. The van der Waals surface area contributed by atoms with Crippen molar-refractivity contribution in [2.24, 2.45) is 5.92 Å². The SMILES string of the molecule is CCCCC(CC)COC(=O)NCc1csc(-c2ccncc2)n1. The molecule has 0 bridgehead atoms. The molecular formula is C18H25N3O2S. The summed E-state index contributed by atoms with van der Waals surface area (Å²) in [7, 11) is 0. The molecule has 1 amide bonds. The first-order valence-electron chi connectivity index (χ1n) is 8.48. The standard InChI is InChI=1S/C18H25N3O2S/c1-3-5-6-14(4-2)12-23-18(22)20-11-16-13-24-17(21-16)15-7-9-19-10-8-15/h7-10,13-14H,3-6,11-12H2,1-2H3,(H,20,22). The van der Waals surface area contributed by atoms with Crippen LogP contribution in [-0.2, 0) is 11.3 Å². The molecule has 0 aliphatic rings. The maximum atomic E-state index is 11.8. The predicted molar refractivity (Wildman–Crippen MR) is 96.8 cm³/mol. The molecule has 1 atom stereocenters. The quantitative estimate of drug-likeness (QED) is 0.717. The van der Waals surface area contributed by atoms with Crippen LogP contribution in [0.4, 0.5) is 4.79 Å². The van der Waals surface area contributed by atoms with Gasteiger partial charge >= 0.3 is 6.09 Å². The minimum atomic E-state index is -0.372. The lowest BCUT2D eigenvalue weighted by Crippen LogP contribution is -2.26. The monoisotopic (exact) mass is 347 g/mol. The van der Waals surface area contributed by atoms with Gasteiger partial charge in [-0.2, -0.15) is 0 Å². The van der Waals surface area contributed by atoms with Crippen molar-refractivity contribution in [2.45, 2.75) is 46.1 Å². The molecule has 24 heavy (non-hydrogen) atoms. The summed E-state index contributed by atoms with van der Waals surface area (Å²) >= 11 is 1.55. The smallest absolute Gasteiger partial charge is 0.407 e. The predicted octanol–water partition coefficient (Wildman–Crippen LogP) is 4.65. The molecule has 5 nitrogen and oxygen atoms in total. The number of carbonyl (C=O) groups excluding carboxylic acids is 1. The van der Waals surface area contributed by atoms with Gasteiger partial charge in [-0.3, -0.25) is 4.98 Å². The summed E-state index contributed by atoms with van der Waals surface area (Å²) in [6, 6.07) is 3.84. The van der Waals surface area contributed by atoms with E-state index in [2.05, 4.69) is 29.1 Å². The topological polar surface area (TPSA) is 64.1 Å². The second-order valence-corrected chi connectivity index (χ2v) is 6.61. The molecule has 2 rings (SSSR count). The number of alkyl carbamates (subject to hydrolysis) is 1. The number of nitrogens with zero attached hydrogens (tertiary/aromatic N) is 2. The molecule has 1 unspecified atom stereocenters. The number of amides is 1. The van der Waals surface area contributed by atoms with E-state index in [1.165, 1.54) is 12.8 Å². The molecule has 0 radical (unpaired) electrons. The lowest BCUT2D eigenvalue weighted by molar-refractivity contribution is 0.122. The molecule has 0 aliphatic carbocycles. The zero-order valence-electron chi connectivity index (χ0n) is 14.3. The molecule has 2 aromatic rings. The molecule has 130 valence electrons. The van der Waals surface area contributed by atoms with Gasteiger partial charge in [-0.15, -0.1) is 11.3 Å². The van der Waals surface area contributed by atoms with E-state index in [0.717, 1.165) is 29.1 Å². The highest BCUT2D eigenvalue weighted by Crippen LogP contribution is 2.22. The van der Waals surface area contributed by atoms with E-state index in [1.54, 1.807) is 23.7 Å². The Morgan fingerprint density at radius 2 is 2.12 bits per heavy atom. The van der Waals surface area contributed by atoms with Crippen LogP contribution in [0.3, 0.4) is 0 Å². The van der Waals surface area contributed by atoms with Crippen LogP contribution in [0.5, 0.6) is 0 Å². The fourth-order valence-corrected chi connectivity index (χ4v) is 3.15. The normalized spacial score (nSPS) is 11.9. The van der Waals surface area contributed by atoms with Crippen LogP contribution >= 0.6 is 11.3 Å². The first-order chi connectivity index (χ1) is 11.7. The van der Waals surface area contributed by atoms with Crippen LogP contribution in [0, 0.1) is 5.92 Å². The highest BCUT2D eigenvalue weighted by atomic mass is 32.1. The number of aromatic nitrogens is 2. The minimum Gasteiger partial charge on any atom is -0.449 e. The Morgan fingerprint density at radius 1 is 1.33 bits per heavy atom. The molecular weight excluding hydrogens is 322 g/mol. The van der Waals surface area contributed by atoms with Crippen molar-refractivity contribution in [1.82, 2.24) is 15.3 Å². The fourth-order valence-electron chi connectivity index (χ4n) is 2.32. The van der Waals surface area contributed by atoms with Crippen molar-refractivity contribution in [3.63, 3.8) is 0 Å². The van der Waals surface area contributed by atoms with Crippen molar-refractivity contribution < 1.29 is 9.53 Å². The first kappa shape index (κ1) is 18.4. The molecule has 0 spiro atoms. The van der Waals surface area contributed by atoms with Gasteiger partial charge in [0, 0.05) is 23.3 Å². The number of hydrogen-bond donors (Lipinski definition) is 1. The number of carbonyl (C=O) groups is 1. The third-order valence-corrected chi connectivity index (χ3v) is 4.83. The van der Waals surface area contributed by atoms with E-state index in [4.69, 9.17) is 4.74 Å². The Hall–Kier alpha value is -1.95. The zero-order valence-corrected chi connectivity index (χ0v) is 15.1. The van der Waals surface area contributed by atoms with Crippen LogP contribution < -0.4 is 5.32 Å². The largest absolute Gasteiger partial charge is 0.449 e. The Morgan fingerprint density at radius 3 is 2.83 bits per heavy atom. The number of ether oxygens (including phenoxy) is 1. The highest BCUT2D eigenvalue weighted by Gasteiger charge is 2.11. The van der Waals surface area contributed by atoms with Crippen molar-refractivity contribution in [1.29, 1.82) is 0 Å². The molecule has 0 aliphatic heterocycles. The van der Waals surface area contributed by atoms with Gasteiger partial charge in [-0.05, 0) is 24.5 Å². The number of unbranched alkanes of at least 4 members (excludes halogenated alkanes) is 1. The van der Waals surface area contributed by atoms with Crippen molar-refractivity contribution in [3.8, 4) is 10.6 Å². The van der Waals surface area contributed by atoms with Crippen LogP contribution in [0.25, 0.3) is 10.6 Å². The van der Waals surface area contributed by atoms with Gasteiger partial charge < -0.3 is 10.1 Å². The van der Waals surface area contributed by atoms with E-state index in [9.17, 15) is 4.79 Å². The van der Waals surface area contributed by atoms with E-state index in [1.807, 2.05) is 17.5 Å². The highest BCUT2D eigenvalue weighted by molar-refractivity contribution is 7.13. The Kier molecular flexibility index (Phi) is 7.68. The van der Waals surface area contributed by atoms with E-state index in [0.29, 0.717) is 19.1 Å². The second kappa shape index (κ2) is 10.0. The number of nitrogens with one attached hydrogen (secondary N) is 1. The molecule has 1 N–H and O–H groups in total. The number of rotatable bonds is 9. The molecule has 2 heterocycles. The molecule has 0 saturated carbocycles. The Balaban J connectivity index is 1.75.